The predicted molar refractivity (Wildman–Crippen MR) is 66.4 cm³/mol. The third-order valence-electron chi connectivity index (χ3n) is 3.10. The van der Waals surface area contributed by atoms with Crippen molar-refractivity contribution in [2.75, 3.05) is 26.7 Å². The molecule has 2 N–H and O–H groups in total. The number of amides is 1. The highest BCUT2D eigenvalue weighted by molar-refractivity contribution is 5.95. The first-order chi connectivity index (χ1) is 8.20. The van der Waals surface area contributed by atoms with Crippen molar-refractivity contribution in [1.29, 1.82) is 0 Å². The number of benzene rings is 1. The van der Waals surface area contributed by atoms with Gasteiger partial charge in [-0.3, -0.25) is 4.79 Å². The molecule has 2 rings (SSSR count). The summed E-state index contributed by atoms with van der Waals surface area (Å²) in [6, 6.07) is 5.50. The van der Waals surface area contributed by atoms with Gasteiger partial charge in [-0.25, -0.2) is 0 Å². The molecule has 1 amide bonds. The Morgan fingerprint density at radius 1 is 1.53 bits per heavy atom. The minimum atomic E-state index is -0.00273. The Bertz CT molecular complexity index is 414. The van der Waals surface area contributed by atoms with Crippen LogP contribution in [0.4, 0.5) is 0 Å². The molecule has 1 aromatic rings. The van der Waals surface area contributed by atoms with Gasteiger partial charge in [-0.1, -0.05) is 0 Å². The Kier molecular flexibility index (Phi) is 3.64. The molecule has 0 unspecified atom stereocenters. The number of carbonyl (C=O) groups excluding carboxylic acids is 1. The van der Waals surface area contributed by atoms with E-state index in [2.05, 4.69) is 10.6 Å². The summed E-state index contributed by atoms with van der Waals surface area (Å²) in [5, 5.41) is 6.14. The Morgan fingerprint density at radius 3 is 2.82 bits per heavy atom. The Balaban J connectivity index is 1.97. The van der Waals surface area contributed by atoms with Gasteiger partial charge in [-0.2, -0.15) is 0 Å². The van der Waals surface area contributed by atoms with Crippen molar-refractivity contribution in [3.05, 3.63) is 29.3 Å². The van der Waals surface area contributed by atoms with E-state index in [0.717, 1.165) is 36.5 Å². The number of carbonyl (C=O) groups is 1. The van der Waals surface area contributed by atoms with E-state index in [0.29, 0.717) is 5.92 Å². The second kappa shape index (κ2) is 5.19. The molecule has 1 fully saturated rings. The van der Waals surface area contributed by atoms with E-state index >= 15 is 0 Å². The molecule has 92 valence electrons. The van der Waals surface area contributed by atoms with Crippen LogP contribution in [-0.2, 0) is 0 Å². The Hall–Kier alpha value is -1.55. The van der Waals surface area contributed by atoms with Gasteiger partial charge in [0.1, 0.15) is 5.75 Å². The van der Waals surface area contributed by atoms with Crippen molar-refractivity contribution in [2.24, 2.45) is 5.92 Å². The van der Waals surface area contributed by atoms with Crippen LogP contribution < -0.4 is 15.4 Å². The summed E-state index contributed by atoms with van der Waals surface area (Å²) >= 11 is 0. The van der Waals surface area contributed by atoms with Gasteiger partial charge in [0.25, 0.3) is 5.91 Å². The number of ether oxygens (including phenoxy) is 1. The Labute approximate surface area is 101 Å². The third kappa shape index (κ3) is 2.77. The van der Waals surface area contributed by atoms with Gasteiger partial charge < -0.3 is 15.4 Å². The average Bonchev–Trinajstić information content (AvgIpc) is 2.26. The lowest BCUT2D eigenvalue weighted by atomic mass is 10.0. The summed E-state index contributed by atoms with van der Waals surface area (Å²) in [7, 11) is 1.62. The largest absolute Gasteiger partial charge is 0.497 e. The molecule has 0 aliphatic carbocycles. The zero-order chi connectivity index (χ0) is 12.3. The van der Waals surface area contributed by atoms with Crippen molar-refractivity contribution >= 4 is 5.91 Å². The van der Waals surface area contributed by atoms with Crippen LogP contribution in [0.3, 0.4) is 0 Å². The van der Waals surface area contributed by atoms with E-state index in [1.165, 1.54) is 0 Å². The SMILES string of the molecule is COc1ccc(C(=O)NCC2CNC2)c(C)c1. The molecule has 1 saturated heterocycles. The van der Waals surface area contributed by atoms with Crippen molar-refractivity contribution in [3.63, 3.8) is 0 Å². The van der Waals surface area contributed by atoms with Crippen LogP contribution in [0.5, 0.6) is 5.75 Å². The topological polar surface area (TPSA) is 50.4 Å². The zero-order valence-electron chi connectivity index (χ0n) is 10.2. The van der Waals surface area contributed by atoms with Crippen molar-refractivity contribution in [2.45, 2.75) is 6.92 Å². The minimum absolute atomic E-state index is 0.00273. The molecule has 4 heteroatoms. The molecule has 0 spiro atoms. The van der Waals surface area contributed by atoms with Gasteiger partial charge in [0.15, 0.2) is 0 Å². The maximum Gasteiger partial charge on any atom is 0.251 e. The van der Waals surface area contributed by atoms with Crippen LogP contribution in [0.25, 0.3) is 0 Å². The molecule has 1 aliphatic rings. The molecule has 1 aromatic carbocycles. The van der Waals surface area contributed by atoms with E-state index in [1.807, 2.05) is 25.1 Å². The second-order valence-corrected chi connectivity index (χ2v) is 4.42. The van der Waals surface area contributed by atoms with Gasteiger partial charge >= 0.3 is 0 Å². The monoisotopic (exact) mass is 234 g/mol. The van der Waals surface area contributed by atoms with Gasteiger partial charge in [0.2, 0.25) is 0 Å². The molecule has 0 saturated carbocycles. The highest BCUT2D eigenvalue weighted by Crippen LogP contribution is 2.16. The van der Waals surface area contributed by atoms with E-state index in [4.69, 9.17) is 4.74 Å². The summed E-state index contributed by atoms with van der Waals surface area (Å²) in [5.41, 5.74) is 1.66. The lowest BCUT2D eigenvalue weighted by Crippen LogP contribution is -2.48. The normalized spacial score (nSPS) is 15.2. The van der Waals surface area contributed by atoms with Crippen molar-refractivity contribution < 1.29 is 9.53 Å². The van der Waals surface area contributed by atoms with E-state index in [-0.39, 0.29) is 5.91 Å². The fourth-order valence-electron chi connectivity index (χ4n) is 1.84. The first-order valence-corrected chi connectivity index (χ1v) is 5.84. The molecule has 0 atom stereocenters. The summed E-state index contributed by atoms with van der Waals surface area (Å²) in [6.07, 6.45) is 0. The van der Waals surface area contributed by atoms with Crippen LogP contribution in [0.2, 0.25) is 0 Å². The number of nitrogens with one attached hydrogen (secondary N) is 2. The van der Waals surface area contributed by atoms with E-state index in [1.54, 1.807) is 7.11 Å². The predicted octanol–water partition coefficient (Wildman–Crippen LogP) is 0.953. The third-order valence-corrected chi connectivity index (χ3v) is 3.10. The maximum atomic E-state index is 11.9. The summed E-state index contributed by atoms with van der Waals surface area (Å²) in [6.45, 7) is 4.67. The first-order valence-electron chi connectivity index (χ1n) is 5.84. The van der Waals surface area contributed by atoms with Crippen LogP contribution in [0.15, 0.2) is 18.2 Å². The molecule has 1 heterocycles. The summed E-state index contributed by atoms with van der Waals surface area (Å²) < 4.78 is 5.11. The van der Waals surface area contributed by atoms with E-state index < -0.39 is 0 Å². The molecule has 0 bridgehead atoms. The van der Waals surface area contributed by atoms with E-state index in [9.17, 15) is 4.79 Å². The van der Waals surface area contributed by atoms with Crippen LogP contribution in [0.1, 0.15) is 15.9 Å². The van der Waals surface area contributed by atoms with Crippen molar-refractivity contribution in [3.8, 4) is 5.75 Å². The van der Waals surface area contributed by atoms with Crippen LogP contribution in [0, 0.1) is 12.8 Å². The molecule has 4 nitrogen and oxygen atoms in total. The zero-order valence-corrected chi connectivity index (χ0v) is 10.2. The quantitative estimate of drug-likeness (QED) is 0.815. The van der Waals surface area contributed by atoms with Gasteiger partial charge in [-0.05, 0) is 30.7 Å². The Morgan fingerprint density at radius 2 is 2.29 bits per heavy atom. The van der Waals surface area contributed by atoms with Crippen LogP contribution in [-0.4, -0.2) is 32.7 Å². The number of rotatable bonds is 4. The number of hydrogen-bond donors (Lipinski definition) is 2. The lowest BCUT2D eigenvalue weighted by molar-refractivity contribution is 0.0941. The fourth-order valence-corrected chi connectivity index (χ4v) is 1.84. The number of methoxy groups -OCH3 is 1. The smallest absolute Gasteiger partial charge is 0.251 e. The second-order valence-electron chi connectivity index (χ2n) is 4.42. The first kappa shape index (κ1) is 11.9. The van der Waals surface area contributed by atoms with Gasteiger partial charge in [0.05, 0.1) is 7.11 Å². The molecular formula is C13H18N2O2. The fraction of sp³-hybridized carbons (Fsp3) is 0.462. The minimum Gasteiger partial charge on any atom is -0.497 e. The number of hydrogen-bond acceptors (Lipinski definition) is 3. The summed E-state index contributed by atoms with van der Waals surface area (Å²) in [5.74, 6) is 1.36. The van der Waals surface area contributed by atoms with Gasteiger partial charge in [-0.15, -0.1) is 0 Å². The molecular weight excluding hydrogens is 216 g/mol. The summed E-state index contributed by atoms with van der Waals surface area (Å²) in [4.78, 5) is 11.9. The number of aryl methyl sites for hydroxylation is 1. The highest BCUT2D eigenvalue weighted by Gasteiger charge is 2.18. The maximum absolute atomic E-state index is 11.9. The molecule has 17 heavy (non-hydrogen) atoms. The average molecular weight is 234 g/mol. The van der Waals surface area contributed by atoms with Crippen molar-refractivity contribution in [1.82, 2.24) is 10.6 Å². The molecule has 0 aromatic heterocycles. The van der Waals surface area contributed by atoms with Gasteiger partial charge in [0, 0.05) is 31.1 Å². The molecule has 0 radical (unpaired) electrons. The standard InChI is InChI=1S/C13H18N2O2/c1-9-5-11(17-2)3-4-12(9)13(16)15-8-10-6-14-7-10/h3-5,10,14H,6-8H2,1-2H3,(H,15,16). The lowest BCUT2D eigenvalue weighted by Gasteiger charge is -2.27. The molecule has 1 aliphatic heterocycles. The highest BCUT2D eigenvalue weighted by atomic mass is 16.5. The van der Waals surface area contributed by atoms with Crippen LogP contribution >= 0.6 is 0 Å².